The first-order valence-electron chi connectivity index (χ1n) is 11.1. The molecule has 0 atom stereocenters. The van der Waals surface area contributed by atoms with Crippen molar-refractivity contribution in [3.05, 3.63) is 65.0 Å². The van der Waals surface area contributed by atoms with Gasteiger partial charge in [-0.15, -0.1) is 0 Å². The molecule has 8 heteroatoms. The summed E-state index contributed by atoms with van der Waals surface area (Å²) in [5.74, 6) is -0.685. The van der Waals surface area contributed by atoms with E-state index in [2.05, 4.69) is 9.72 Å². The molecule has 1 aromatic carbocycles. The van der Waals surface area contributed by atoms with Gasteiger partial charge in [0, 0.05) is 43.5 Å². The average molecular weight is 450 g/mol. The van der Waals surface area contributed by atoms with Crippen LogP contribution in [0.3, 0.4) is 0 Å². The Kier molecular flexibility index (Phi) is 6.26. The Balaban J connectivity index is 1.34. The van der Waals surface area contributed by atoms with Gasteiger partial charge in [0.15, 0.2) is 5.78 Å². The van der Waals surface area contributed by atoms with Crippen LogP contribution < -0.4 is 0 Å². The third-order valence-electron chi connectivity index (χ3n) is 6.78. The maximum Gasteiger partial charge on any atom is 0.339 e. The molecular weight excluding hydrogens is 422 g/mol. The summed E-state index contributed by atoms with van der Waals surface area (Å²) in [7, 11) is 1.30. The molecule has 2 aromatic rings. The molecule has 0 radical (unpaired) electrons. The Bertz CT molecular complexity index is 1070. The zero-order valence-corrected chi connectivity index (χ0v) is 18.9. The van der Waals surface area contributed by atoms with Crippen LogP contribution in [0.1, 0.15) is 67.7 Å². The van der Waals surface area contributed by atoms with Crippen molar-refractivity contribution in [2.24, 2.45) is 5.41 Å². The molecule has 4 rings (SSSR count). The first-order chi connectivity index (χ1) is 15.8. The highest BCUT2D eigenvalue weighted by Crippen LogP contribution is 2.41. The maximum atomic E-state index is 12.9. The van der Waals surface area contributed by atoms with E-state index < -0.39 is 5.97 Å². The minimum Gasteiger partial charge on any atom is -0.465 e. The highest BCUT2D eigenvalue weighted by Gasteiger charge is 2.43. The van der Waals surface area contributed by atoms with Crippen molar-refractivity contribution < 1.29 is 23.9 Å². The molecule has 2 aliphatic heterocycles. The third kappa shape index (κ3) is 4.65. The van der Waals surface area contributed by atoms with E-state index in [1.807, 2.05) is 9.80 Å². The SMILES string of the molecule is COC(=O)c1ccc(C(=O)N2CCC3(CCN(C(=O)c4ccc(C(C)=O)cc4)CC3)C2)nc1. The van der Waals surface area contributed by atoms with E-state index in [9.17, 15) is 19.2 Å². The maximum absolute atomic E-state index is 12.9. The number of rotatable bonds is 4. The number of Topliss-reactive ketones (excluding diaryl/α,β-unsaturated/α-hetero) is 1. The number of pyridine rings is 1. The molecule has 33 heavy (non-hydrogen) atoms. The molecular formula is C25H27N3O5. The molecule has 2 fully saturated rings. The second-order valence-corrected chi connectivity index (χ2v) is 8.83. The topological polar surface area (TPSA) is 96.9 Å². The first-order valence-corrected chi connectivity index (χ1v) is 11.1. The van der Waals surface area contributed by atoms with Gasteiger partial charge in [-0.3, -0.25) is 19.4 Å². The number of carbonyl (C=O) groups is 4. The molecule has 2 amide bonds. The molecule has 3 heterocycles. The number of aromatic nitrogens is 1. The minimum absolute atomic E-state index is 0.0108. The van der Waals surface area contributed by atoms with Gasteiger partial charge in [-0.25, -0.2) is 4.79 Å². The van der Waals surface area contributed by atoms with E-state index in [0.29, 0.717) is 48.6 Å². The number of hydrogen-bond donors (Lipinski definition) is 0. The van der Waals surface area contributed by atoms with Crippen LogP contribution in [0.2, 0.25) is 0 Å². The fourth-order valence-electron chi connectivity index (χ4n) is 4.65. The van der Waals surface area contributed by atoms with Crippen molar-refractivity contribution in [1.82, 2.24) is 14.8 Å². The Morgan fingerprint density at radius 1 is 0.818 bits per heavy atom. The molecule has 1 spiro atoms. The van der Waals surface area contributed by atoms with Gasteiger partial charge >= 0.3 is 5.97 Å². The number of nitrogens with zero attached hydrogens (tertiary/aromatic N) is 3. The quantitative estimate of drug-likeness (QED) is 0.526. The Morgan fingerprint density at radius 2 is 1.39 bits per heavy atom. The largest absolute Gasteiger partial charge is 0.465 e. The summed E-state index contributed by atoms with van der Waals surface area (Å²) >= 11 is 0. The lowest BCUT2D eigenvalue weighted by Crippen LogP contribution is -2.44. The number of carbonyl (C=O) groups excluding carboxylic acids is 4. The van der Waals surface area contributed by atoms with Crippen molar-refractivity contribution in [3.8, 4) is 0 Å². The van der Waals surface area contributed by atoms with Crippen LogP contribution >= 0.6 is 0 Å². The third-order valence-corrected chi connectivity index (χ3v) is 6.78. The van der Waals surface area contributed by atoms with Gasteiger partial charge in [-0.05, 0) is 55.9 Å². The van der Waals surface area contributed by atoms with Gasteiger partial charge < -0.3 is 14.5 Å². The number of amides is 2. The summed E-state index contributed by atoms with van der Waals surface area (Å²) in [4.78, 5) is 56.6. The number of hydrogen-bond acceptors (Lipinski definition) is 6. The second kappa shape index (κ2) is 9.13. The molecule has 8 nitrogen and oxygen atoms in total. The summed E-state index contributed by atoms with van der Waals surface area (Å²) in [6.45, 7) is 4.08. The van der Waals surface area contributed by atoms with Gasteiger partial charge in [-0.2, -0.15) is 0 Å². The van der Waals surface area contributed by atoms with Crippen molar-refractivity contribution in [3.63, 3.8) is 0 Å². The second-order valence-electron chi connectivity index (χ2n) is 8.83. The van der Waals surface area contributed by atoms with Crippen molar-refractivity contribution in [2.75, 3.05) is 33.3 Å². The average Bonchev–Trinajstić information content (AvgIpc) is 3.26. The normalized spacial score (nSPS) is 17.2. The molecule has 172 valence electrons. The Labute approximate surface area is 192 Å². The highest BCUT2D eigenvalue weighted by atomic mass is 16.5. The van der Waals surface area contributed by atoms with E-state index in [4.69, 9.17) is 0 Å². The summed E-state index contributed by atoms with van der Waals surface area (Å²) in [5.41, 5.74) is 1.80. The number of ether oxygens (including phenoxy) is 1. The predicted molar refractivity (Wildman–Crippen MR) is 120 cm³/mol. The first kappa shape index (κ1) is 22.6. The van der Waals surface area contributed by atoms with Crippen molar-refractivity contribution in [2.45, 2.75) is 26.2 Å². The zero-order chi connectivity index (χ0) is 23.6. The van der Waals surface area contributed by atoms with Gasteiger partial charge in [-0.1, -0.05) is 12.1 Å². The van der Waals surface area contributed by atoms with Crippen LogP contribution in [0.15, 0.2) is 42.6 Å². The molecule has 2 saturated heterocycles. The van der Waals surface area contributed by atoms with E-state index in [-0.39, 0.29) is 23.0 Å². The standard InChI is InChI=1S/C25H27N3O5/c1-17(29)18-3-5-19(6-4-18)22(30)27-12-9-25(10-13-27)11-14-28(16-25)23(31)21-8-7-20(15-26-21)24(32)33-2/h3-8,15H,9-14,16H2,1-2H3. The fraction of sp³-hybridized carbons (Fsp3) is 0.400. The van der Waals surface area contributed by atoms with Gasteiger partial charge in [0.1, 0.15) is 5.69 Å². The summed E-state index contributed by atoms with van der Waals surface area (Å²) in [6, 6.07) is 9.89. The number of piperidine rings is 1. The van der Waals surface area contributed by atoms with Gasteiger partial charge in [0.2, 0.25) is 0 Å². The van der Waals surface area contributed by atoms with Crippen LogP contribution in [0.25, 0.3) is 0 Å². The molecule has 0 aliphatic carbocycles. The number of ketones is 1. The van der Waals surface area contributed by atoms with Crippen LogP contribution in [0.4, 0.5) is 0 Å². The van der Waals surface area contributed by atoms with Crippen molar-refractivity contribution in [1.29, 1.82) is 0 Å². The van der Waals surface area contributed by atoms with Crippen LogP contribution in [-0.4, -0.2) is 71.6 Å². The monoisotopic (exact) mass is 449 g/mol. The lowest BCUT2D eigenvalue weighted by atomic mass is 9.77. The van der Waals surface area contributed by atoms with Gasteiger partial charge in [0.05, 0.1) is 12.7 Å². The van der Waals surface area contributed by atoms with E-state index in [0.717, 1.165) is 19.3 Å². The summed E-state index contributed by atoms with van der Waals surface area (Å²) in [6.07, 6.45) is 3.93. The number of esters is 1. The van der Waals surface area contributed by atoms with Crippen LogP contribution in [-0.2, 0) is 4.74 Å². The Hall–Kier alpha value is -3.55. The molecule has 0 bridgehead atoms. The number of methoxy groups -OCH3 is 1. The number of benzene rings is 1. The minimum atomic E-state index is -0.488. The highest BCUT2D eigenvalue weighted by molar-refractivity contribution is 5.98. The van der Waals surface area contributed by atoms with Gasteiger partial charge in [0.25, 0.3) is 11.8 Å². The van der Waals surface area contributed by atoms with E-state index in [1.165, 1.54) is 20.2 Å². The summed E-state index contributed by atoms with van der Waals surface area (Å²) in [5, 5.41) is 0. The lowest BCUT2D eigenvalue weighted by molar-refractivity contribution is 0.0564. The molecule has 0 saturated carbocycles. The molecule has 0 N–H and O–H groups in total. The molecule has 2 aliphatic rings. The Morgan fingerprint density at radius 3 is 1.94 bits per heavy atom. The molecule has 1 aromatic heterocycles. The zero-order valence-electron chi connectivity index (χ0n) is 18.9. The number of likely N-dealkylation sites (tertiary alicyclic amines) is 2. The predicted octanol–water partition coefficient (Wildman–Crippen LogP) is 2.84. The molecule has 0 unspecified atom stereocenters. The van der Waals surface area contributed by atoms with E-state index in [1.54, 1.807) is 36.4 Å². The summed E-state index contributed by atoms with van der Waals surface area (Å²) < 4.78 is 4.66. The van der Waals surface area contributed by atoms with Crippen LogP contribution in [0, 0.1) is 5.41 Å². The van der Waals surface area contributed by atoms with Crippen LogP contribution in [0.5, 0.6) is 0 Å². The fourth-order valence-corrected chi connectivity index (χ4v) is 4.65. The van der Waals surface area contributed by atoms with E-state index >= 15 is 0 Å². The van der Waals surface area contributed by atoms with Crippen molar-refractivity contribution >= 4 is 23.6 Å². The lowest BCUT2D eigenvalue weighted by Gasteiger charge is -2.39. The smallest absolute Gasteiger partial charge is 0.339 e.